The topological polar surface area (TPSA) is 84.9 Å². The first-order valence-electron chi connectivity index (χ1n) is 9.16. The summed E-state index contributed by atoms with van der Waals surface area (Å²) >= 11 is 1.01. The van der Waals surface area contributed by atoms with Crippen molar-refractivity contribution in [3.05, 3.63) is 51.7 Å². The van der Waals surface area contributed by atoms with Crippen LogP contribution in [0.3, 0.4) is 0 Å². The van der Waals surface area contributed by atoms with Crippen molar-refractivity contribution >= 4 is 34.1 Å². The predicted molar refractivity (Wildman–Crippen MR) is 106 cm³/mol. The highest BCUT2D eigenvalue weighted by molar-refractivity contribution is 7.18. The van der Waals surface area contributed by atoms with Crippen molar-refractivity contribution in [2.24, 2.45) is 0 Å². The molecule has 0 unspecified atom stereocenters. The van der Waals surface area contributed by atoms with Crippen molar-refractivity contribution in [2.45, 2.75) is 13.8 Å². The third kappa shape index (κ3) is 4.63. The van der Waals surface area contributed by atoms with E-state index in [2.05, 4.69) is 5.32 Å². The molecule has 1 aliphatic rings. The summed E-state index contributed by atoms with van der Waals surface area (Å²) in [4.78, 5) is 40.0. The minimum Gasteiger partial charge on any atom is -0.462 e. The fourth-order valence-corrected chi connectivity index (χ4v) is 4.13. The first kappa shape index (κ1) is 20.9. The molecule has 2 aromatic rings. The van der Waals surface area contributed by atoms with Crippen molar-refractivity contribution in [3.8, 4) is 0 Å². The lowest BCUT2D eigenvalue weighted by molar-refractivity contribution is 0.0305. The highest BCUT2D eigenvalue weighted by Gasteiger charge is 2.29. The van der Waals surface area contributed by atoms with Crippen LogP contribution < -0.4 is 5.32 Å². The summed E-state index contributed by atoms with van der Waals surface area (Å²) in [5.74, 6) is -1.99. The van der Waals surface area contributed by atoms with Gasteiger partial charge >= 0.3 is 5.97 Å². The summed E-state index contributed by atoms with van der Waals surface area (Å²) in [5, 5.41) is 2.83. The molecule has 1 aromatic heterocycles. The molecule has 1 saturated heterocycles. The highest BCUT2D eigenvalue weighted by Crippen LogP contribution is 2.35. The molecule has 7 nitrogen and oxygen atoms in total. The number of thiophene rings is 1. The molecule has 0 spiro atoms. The SMILES string of the molecule is CCOC(=O)c1c(NC(=O)c2cccc(F)c2)sc(C(=O)N2CCOCC2)c1C. The van der Waals surface area contributed by atoms with Gasteiger partial charge in [0.2, 0.25) is 0 Å². The molecule has 0 radical (unpaired) electrons. The van der Waals surface area contributed by atoms with Crippen LogP contribution >= 0.6 is 11.3 Å². The lowest BCUT2D eigenvalue weighted by Crippen LogP contribution is -2.40. The zero-order valence-corrected chi connectivity index (χ0v) is 16.9. The summed E-state index contributed by atoms with van der Waals surface area (Å²) in [6.45, 7) is 5.27. The van der Waals surface area contributed by atoms with E-state index in [4.69, 9.17) is 9.47 Å². The Kier molecular flexibility index (Phi) is 6.60. The van der Waals surface area contributed by atoms with Gasteiger partial charge in [0.25, 0.3) is 11.8 Å². The number of nitrogens with zero attached hydrogens (tertiary/aromatic N) is 1. The van der Waals surface area contributed by atoms with Crippen LogP contribution in [0.1, 0.15) is 42.9 Å². The summed E-state index contributed by atoms with van der Waals surface area (Å²) < 4.78 is 23.8. The van der Waals surface area contributed by atoms with Crippen LogP contribution in [-0.4, -0.2) is 55.6 Å². The minimum atomic E-state index is -0.628. The average molecular weight is 420 g/mol. The van der Waals surface area contributed by atoms with E-state index in [1.54, 1.807) is 18.7 Å². The lowest BCUT2D eigenvalue weighted by atomic mass is 10.1. The van der Waals surface area contributed by atoms with Gasteiger partial charge in [-0.2, -0.15) is 0 Å². The molecule has 9 heteroatoms. The number of morpholine rings is 1. The molecule has 2 amide bonds. The number of carbonyl (C=O) groups excluding carboxylic acids is 3. The van der Waals surface area contributed by atoms with Gasteiger partial charge in [-0.05, 0) is 37.6 Å². The number of rotatable bonds is 5. The molecule has 1 aromatic carbocycles. The Bertz CT molecular complexity index is 937. The van der Waals surface area contributed by atoms with Crippen molar-refractivity contribution in [1.29, 1.82) is 0 Å². The van der Waals surface area contributed by atoms with Gasteiger partial charge in [-0.3, -0.25) is 9.59 Å². The Labute approximate surface area is 171 Å². The van der Waals surface area contributed by atoms with Crippen LogP contribution in [0, 0.1) is 12.7 Å². The monoisotopic (exact) mass is 420 g/mol. The smallest absolute Gasteiger partial charge is 0.341 e. The fraction of sp³-hybridized carbons (Fsp3) is 0.350. The molecule has 0 saturated carbocycles. The van der Waals surface area contributed by atoms with Gasteiger partial charge < -0.3 is 19.7 Å². The molecule has 154 valence electrons. The summed E-state index contributed by atoms with van der Waals surface area (Å²) in [7, 11) is 0. The second-order valence-corrected chi connectivity index (χ2v) is 7.37. The number of anilines is 1. The summed E-state index contributed by atoms with van der Waals surface area (Å²) in [6, 6.07) is 5.21. The number of hydrogen-bond donors (Lipinski definition) is 1. The quantitative estimate of drug-likeness (QED) is 0.752. The molecular formula is C20H21FN2O5S. The fourth-order valence-electron chi connectivity index (χ4n) is 2.97. The summed E-state index contributed by atoms with van der Waals surface area (Å²) in [5.41, 5.74) is 0.685. The number of hydrogen-bond acceptors (Lipinski definition) is 6. The van der Waals surface area contributed by atoms with Crippen molar-refractivity contribution in [3.63, 3.8) is 0 Å². The van der Waals surface area contributed by atoms with E-state index in [1.165, 1.54) is 18.2 Å². The third-order valence-electron chi connectivity index (χ3n) is 4.43. The average Bonchev–Trinajstić information content (AvgIpc) is 3.04. The van der Waals surface area contributed by atoms with Crippen LogP contribution in [-0.2, 0) is 9.47 Å². The van der Waals surface area contributed by atoms with Crippen molar-refractivity contribution in [2.75, 3.05) is 38.2 Å². The van der Waals surface area contributed by atoms with Crippen LogP contribution in [0.5, 0.6) is 0 Å². The molecule has 0 atom stereocenters. The lowest BCUT2D eigenvalue weighted by Gasteiger charge is -2.26. The maximum atomic E-state index is 13.4. The number of halogens is 1. The van der Waals surface area contributed by atoms with Gasteiger partial charge in [-0.15, -0.1) is 11.3 Å². The van der Waals surface area contributed by atoms with Gasteiger partial charge in [-0.1, -0.05) is 6.07 Å². The molecular weight excluding hydrogens is 399 g/mol. The standard InChI is InChI=1S/C20H21FN2O5S/c1-3-28-20(26)15-12(2)16(19(25)23-7-9-27-10-8-23)29-18(15)22-17(24)13-5-4-6-14(21)11-13/h4-6,11H,3,7-10H2,1-2H3,(H,22,24). The van der Waals surface area contributed by atoms with E-state index < -0.39 is 17.7 Å². The normalized spacial score (nSPS) is 13.8. The highest BCUT2D eigenvalue weighted by atomic mass is 32.1. The second kappa shape index (κ2) is 9.15. The Morgan fingerprint density at radius 3 is 2.66 bits per heavy atom. The number of nitrogens with one attached hydrogen (secondary N) is 1. The number of carbonyl (C=O) groups is 3. The largest absolute Gasteiger partial charge is 0.462 e. The molecule has 0 bridgehead atoms. The van der Waals surface area contributed by atoms with E-state index in [-0.39, 0.29) is 28.6 Å². The Hall–Kier alpha value is -2.78. The van der Waals surface area contributed by atoms with Gasteiger partial charge in [-0.25, -0.2) is 9.18 Å². The maximum Gasteiger partial charge on any atom is 0.341 e. The molecule has 2 heterocycles. The van der Waals surface area contributed by atoms with Crippen molar-refractivity contribution in [1.82, 2.24) is 4.90 Å². The predicted octanol–water partition coefficient (Wildman–Crippen LogP) is 3.10. The molecule has 3 rings (SSSR count). The summed E-state index contributed by atoms with van der Waals surface area (Å²) in [6.07, 6.45) is 0. The van der Waals surface area contributed by atoms with Crippen LogP contribution in [0.4, 0.5) is 9.39 Å². The molecule has 0 aliphatic carbocycles. The van der Waals surface area contributed by atoms with Gasteiger partial charge in [0.1, 0.15) is 10.8 Å². The van der Waals surface area contributed by atoms with E-state index in [1.807, 2.05) is 0 Å². The van der Waals surface area contributed by atoms with Gasteiger partial charge in [0.15, 0.2) is 0 Å². The van der Waals surface area contributed by atoms with E-state index in [9.17, 15) is 18.8 Å². The van der Waals surface area contributed by atoms with Crippen LogP contribution in [0.15, 0.2) is 24.3 Å². The third-order valence-corrected chi connectivity index (χ3v) is 5.63. The van der Waals surface area contributed by atoms with E-state index >= 15 is 0 Å². The van der Waals surface area contributed by atoms with Crippen LogP contribution in [0.2, 0.25) is 0 Å². The van der Waals surface area contributed by atoms with E-state index in [0.29, 0.717) is 36.7 Å². The molecule has 1 N–H and O–H groups in total. The van der Waals surface area contributed by atoms with Gasteiger partial charge in [0.05, 0.1) is 30.3 Å². The van der Waals surface area contributed by atoms with Gasteiger partial charge in [0, 0.05) is 18.7 Å². The second-order valence-electron chi connectivity index (χ2n) is 6.35. The zero-order chi connectivity index (χ0) is 21.0. The minimum absolute atomic E-state index is 0.104. The number of ether oxygens (including phenoxy) is 2. The molecule has 29 heavy (non-hydrogen) atoms. The Balaban J connectivity index is 1.95. The Morgan fingerprint density at radius 1 is 1.28 bits per heavy atom. The van der Waals surface area contributed by atoms with E-state index in [0.717, 1.165) is 17.4 Å². The van der Waals surface area contributed by atoms with Crippen LogP contribution in [0.25, 0.3) is 0 Å². The zero-order valence-electron chi connectivity index (χ0n) is 16.1. The van der Waals surface area contributed by atoms with Crippen molar-refractivity contribution < 1.29 is 28.2 Å². The number of benzene rings is 1. The number of amides is 2. The maximum absolute atomic E-state index is 13.4. The first-order chi connectivity index (χ1) is 13.9. The first-order valence-corrected chi connectivity index (χ1v) is 9.98. The molecule has 1 fully saturated rings. The Morgan fingerprint density at radius 2 is 2.00 bits per heavy atom. The molecule has 1 aliphatic heterocycles. The number of esters is 1.